The standard InChI is InChI=1S/C9H10.C4H5NO/c1-2-5-9-7-3-6-8(9)4-1;6-4-2-1-3-5-4/h1-2,4-5H,3,6-7H2;1-3,5-6H. The Morgan fingerprint density at radius 2 is 1.60 bits per heavy atom. The summed E-state index contributed by atoms with van der Waals surface area (Å²) in [6.07, 6.45) is 5.63. The van der Waals surface area contributed by atoms with Gasteiger partial charge in [-0.3, -0.25) is 0 Å². The van der Waals surface area contributed by atoms with Crippen LogP contribution in [0.3, 0.4) is 0 Å². The zero-order valence-electron chi connectivity index (χ0n) is 8.61. The molecule has 0 amide bonds. The van der Waals surface area contributed by atoms with Crippen molar-refractivity contribution in [2.45, 2.75) is 19.3 Å². The first-order chi connectivity index (χ1) is 7.36. The minimum Gasteiger partial charge on any atom is -0.495 e. The number of aromatic amines is 1. The van der Waals surface area contributed by atoms with Gasteiger partial charge >= 0.3 is 0 Å². The van der Waals surface area contributed by atoms with E-state index < -0.39 is 0 Å². The molecule has 0 saturated carbocycles. The maximum absolute atomic E-state index is 8.42. The van der Waals surface area contributed by atoms with E-state index in [0.29, 0.717) is 0 Å². The fourth-order valence-electron chi connectivity index (χ4n) is 1.84. The Hall–Kier alpha value is -1.70. The van der Waals surface area contributed by atoms with E-state index in [9.17, 15) is 0 Å². The molecule has 0 radical (unpaired) electrons. The maximum Gasteiger partial charge on any atom is 0.188 e. The summed E-state index contributed by atoms with van der Waals surface area (Å²) in [6, 6.07) is 12.0. The predicted molar refractivity (Wildman–Crippen MR) is 60.9 cm³/mol. The van der Waals surface area contributed by atoms with E-state index in [2.05, 4.69) is 29.2 Å². The van der Waals surface area contributed by atoms with E-state index in [1.165, 1.54) is 19.3 Å². The Morgan fingerprint density at radius 3 is 2.00 bits per heavy atom. The Labute approximate surface area is 89.6 Å². The number of aryl methyl sites for hydroxylation is 2. The van der Waals surface area contributed by atoms with Gasteiger partial charge in [0.05, 0.1) is 0 Å². The lowest BCUT2D eigenvalue weighted by molar-refractivity contribution is 0.457. The number of hydrogen-bond acceptors (Lipinski definition) is 1. The van der Waals surface area contributed by atoms with Gasteiger partial charge in [0.2, 0.25) is 0 Å². The van der Waals surface area contributed by atoms with Crippen LogP contribution in [0.25, 0.3) is 0 Å². The van der Waals surface area contributed by atoms with Crippen LogP contribution in [0.4, 0.5) is 0 Å². The number of H-pyrrole nitrogens is 1. The normalized spacial score (nSPS) is 12.8. The van der Waals surface area contributed by atoms with Gasteiger partial charge in [-0.15, -0.1) is 0 Å². The van der Waals surface area contributed by atoms with Crippen molar-refractivity contribution in [1.29, 1.82) is 0 Å². The summed E-state index contributed by atoms with van der Waals surface area (Å²) in [5.74, 6) is 0.218. The van der Waals surface area contributed by atoms with E-state index in [-0.39, 0.29) is 5.88 Å². The van der Waals surface area contributed by atoms with E-state index in [1.54, 1.807) is 29.5 Å². The number of rotatable bonds is 0. The van der Waals surface area contributed by atoms with Gasteiger partial charge < -0.3 is 10.1 Å². The third-order valence-corrected chi connectivity index (χ3v) is 2.59. The highest BCUT2D eigenvalue weighted by molar-refractivity contribution is 5.30. The molecule has 0 atom stereocenters. The minimum absolute atomic E-state index is 0.218. The Morgan fingerprint density at radius 1 is 0.933 bits per heavy atom. The number of nitrogens with one attached hydrogen (secondary N) is 1. The number of aromatic hydroxyl groups is 1. The SMILES string of the molecule is Oc1ccc[nH]1.c1ccc2c(c1)CCC2. The zero-order valence-corrected chi connectivity index (χ0v) is 8.61. The molecule has 1 aliphatic carbocycles. The average molecular weight is 201 g/mol. The van der Waals surface area contributed by atoms with E-state index in [4.69, 9.17) is 5.11 Å². The lowest BCUT2D eigenvalue weighted by Gasteiger charge is -1.93. The minimum atomic E-state index is 0.218. The molecule has 3 rings (SSSR count). The van der Waals surface area contributed by atoms with Gasteiger partial charge in [-0.25, -0.2) is 0 Å². The first-order valence-corrected chi connectivity index (χ1v) is 5.25. The highest BCUT2D eigenvalue weighted by atomic mass is 16.3. The molecule has 78 valence electrons. The molecule has 1 aromatic heterocycles. The van der Waals surface area contributed by atoms with Crippen molar-refractivity contribution in [3.05, 3.63) is 53.7 Å². The summed E-state index contributed by atoms with van der Waals surface area (Å²) in [7, 11) is 0. The molecule has 0 bridgehead atoms. The van der Waals surface area contributed by atoms with Crippen LogP contribution in [0, 0.1) is 0 Å². The predicted octanol–water partition coefficient (Wildman–Crippen LogP) is 2.90. The van der Waals surface area contributed by atoms with E-state index >= 15 is 0 Å². The molecule has 1 aromatic carbocycles. The molecule has 0 unspecified atom stereocenters. The van der Waals surface area contributed by atoms with Crippen LogP contribution < -0.4 is 0 Å². The van der Waals surface area contributed by atoms with Crippen LogP contribution in [0.2, 0.25) is 0 Å². The van der Waals surface area contributed by atoms with Crippen molar-refractivity contribution >= 4 is 0 Å². The first kappa shape index (κ1) is 9.84. The molecule has 0 aliphatic heterocycles. The Kier molecular flexibility index (Phi) is 3.08. The largest absolute Gasteiger partial charge is 0.495 e. The van der Waals surface area contributed by atoms with Gasteiger partial charge in [0.15, 0.2) is 5.88 Å². The molecule has 2 N–H and O–H groups in total. The lowest BCUT2D eigenvalue weighted by Crippen LogP contribution is -1.77. The Balaban J connectivity index is 0.000000124. The van der Waals surface area contributed by atoms with Gasteiger partial charge in [-0.1, -0.05) is 24.3 Å². The number of aromatic nitrogens is 1. The third-order valence-electron chi connectivity index (χ3n) is 2.59. The molecular weight excluding hydrogens is 186 g/mol. The molecule has 2 nitrogen and oxygen atoms in total. The topological polar surface area (TPSA) is 36.0 Å². The maximum atomic E-state index is 8.42. The van der Waals surface area contributed by atoms with Crippen LogP contribution in [0.1, 0.15) is 17.5 Å². The zero-order chi connectivity index (χ0) is 10.5. The van der Waals surface area contributed by atoms with Gasteiger partial charge in [0, 0.05) is 6.20 Å². The van der Waals surface area contributed by atoms with Crippen LogP contribution >= 0.6 is 0 Å². The smallest absolute Gasteiger partial charge is 0.188 e. The van der Waals surface area contributed by atoms with E-state index in [0.717, 1.165) is 0 Å². The second-order valence-corrected chi connectivity index (χ2v) is 3.68. The molecule has 1 heterocycles. The van der Waals surface area contributed by atoms with Crippen molar-refractivity contribution in [3.63, 3.8) is 0 Å². The van der Waals surface area contributed by atoms with E-state index in [1.807, 2.05) is 0 Å². The summed E-state index contributed by atoms with van der Waals surface area (Å²) < 4.78 is 0. The number of fused-ring (bicyclic) bond motifs is 1. The third kappa shape index (κ3) is 2.62. The average Bonchev–Trinajstić information content (AvgIpc) is 2.88. The second kappa shape index (κ2) is 4.69. The molecule has 0 saturated heterocycles. The van der Waals surface area contributed by atoms with Gasteiger partial charge in [-0.05, 0) is 42.5 Å². The van der Waals surface area contributed by atoms with Gasteiger partial charge in [0.1, 0.15) is 0 Å². The van der Waals surface area contributed by atoms with Crippen molar-refractivity contribution in [2.24, 2.45) is 0 Å². The summed E-state index contributed by atoms with van der Waals surface area (Å²) >= 11 is 0. The molecule has 1 aliphatic rings. The molecule has 2 heteroatoms. The monoisotopic (exact) mass is 201 g/mol. The van der Waals surface area contributed by atoms with Crippen LogP contribution in [-0.4, -0.2) is 10.1 Å². The lowest BCUT2D eigenvalue weighted by atomic mass is 10.1. The molecular formula is C13H15NO. The van der Waals surface area contributed by atoms with Crippen molar-refractivity contribution in [2.75, 3.05) is 0 Å². The van der Waals surface area contributed by atoms with Gasteiger partial charge in [0.25, 0.3) is 0 Å². The number of hydrogen-bond donors (Lipinski definition) is 2. The van der Waals surface area contributed by atoms with Crippen molar-refractivity contribution in [3.8, 4) is 5.88 Å². The van der Waals surface area contributed by atoms with Crippen LogP contribution in [0.15, 0.2) is 42.6 Å². The quantitative estimate of drug-likeness (QED) is 0.675. The molecule has 0 spiro atoms. The molecule has 0 fully saturated rings. The summed E-state index contributed by atoms with van der Waals surface area (Å²) in [5, 5.41) is 8.42. The fraction of sp³-hybridized carbons (Fsp3) is 0.231. The van der Waals surface area contributed by atoms with Gasteiger partial charge in [-0.2, -0.15) is 0 Å². The molecule has 15 heavy (non-hydrogen) atoms. The highest BCUT2D eigenvalue weighted by Crippen LogP contribution is 2.20. The number of benzene rings is 1. The highest BCUT2D eigenvalue weighted by Gasteiger charge is 2.07. The second-order valence-electron chi connectivity index (χ2n) is 3.68. The summed E-state index contributed by atoms with van der Waals surface area (Å²) in [4.78, 5) is 2.56. The summed E-state index contributed by atoms with van der Waals surface area (Å²) in [5.41, 5.74) is 3.13. The molecule has 2 aromatic rings. The first-order valence-electron chi connectivity index (χ1n) is 5.25. The van der Waals surface area contributed by atoms with Crippen molar-refractivity contribution in [1.82, 2.24) is 4.98 Å². The Bertz CT molecular complexity index is 383. The summed E-state index contributed by atoms with van der Waals surface area (Å²) in [6.45, 7) is 0. The van der Waals surface area contributed by atoms with Crippen molar-refractivity contribution < 1.29 is 5.11 Å². The fourth-order valence-corrected chi connectivity index (χ4v) is 1.84. The van der Waals surface area contributed by atoms with Crippen LogP contribution in [0.5, 0.6) is 5.88 Å². The van der Waals surface area contributed by atoms with Crippen LogP contribution in [-0.2, 0) is 12.8 Å².